The second-order valence-electron chi connectivity index (χ2n) is 8.45. The minimum atomic E-state index is -3.68. The summed E-state index contributed by atoms with van der Waals surface area (Å²) in [5.74, 6) is -0.831. The van der Waals surface area contributed by atoms with E-state index in [9.17, 15) is 22.0 Å². The number of anilines is 1. The molecule has 9 nitrogen and oxygen atoms in total. The number of amides is 1. The van der Waals surface area contributed by atoms with E-state index in [2.05, 4.69) is 10.2 Å². The van der Waals surface area contributed by atoms with Crippen LogP contribution in [-0.4, -0.2) is 72.8 Å². The van der Waals surface area contributed by atoms with E-state index >= 15 is 0 Å². The summed E-state index contributed by atoms with van der Waals surface area (Å²) in [6, 6.07) is 15.5. The largest absolute Gasteiger partial charge is 0.415 e. The number of nitrogens with zero attached hydrogens (tertiary/aromatic N) is 5. The molecule has 0 saturated carbocycles. The van der Waals surface area contributed by atoms with Crippen LogP contribution in [0.3, 0.4) is 0 Å². The monoisotopic (exact) mass is 519 g/mol. The number of rotatable bonds is 9. The number of hydrogen-bond acceptors (Lipinski definition) is 7. The zero-order valence-corrected chi connectivity index (χ0v) is 20.6. The third-order valence-corrected chi connectivity index (χ3v) is 7.73. The highest BCUT2D eigenvalue weighted by molar-refractivity contribution is 7.92. The molecule has 0 bridgehead atoms. The molecule has 1 aliphatic rings. The van der Waals surface area contributed by atoms with Crippen molar-refractivity contribution in [1.82, 2.24) is 20.0 Å². The van der Waals surface area contributed by atoms with E-state index in [1.807, 2.05) is 11.0 Å². The molecular formula is C24H27F2N5O4S. The van der Waals surface area contributed by atoms with Crippen molar-refractivity contribution >= 4 is 21.6 Å². The molecule has 0 N–H and O–H groups in total. The first kappa shape index (κ1) is 25.7. The minimum absolute atomic E-state index is 0.0251. The molecule has 0 aliphatic carbocycles. The number of sulfonamides is 1. The Kier molecular flexibility index (Phi) is 7.94. The number of benzene rings is 2. The van der Waals surface area contributed by atoms with Crippen molar-refractivity contribution in [2.45, 2.75) is 19.9 Å². The van der Waals surface area contributed by atoms with Crippen molar-refractivity contribution in [1.29, 1.82) is 0 Å². The molecule has 2 heterocycles. The molecule has 0 unspecified atom stereocenters. The highest BCUT2D eigenvalue weighted by Gasteiger charge is 2.26. The van der Waals surface area contributed by atoms with Crippen LogP contribution in [0.2, 0.25) is 0 Å². The van der Waals surface area contributed by atoms with Gasteiger partial charge in [0, 0.05) is 45.2 Å². The zero-order valence-electron chi connectivity index (χ0n) is 19.8. The highest BCUT2D eigenvalue weighted by Crippen LogP contribution is 2.25. The number of aromatic nitrogens is 2. The van der Waals surface area contributed by atoms with Gasteiger partial charge >= 0.3 is 6.43 Å². The fourth-order valence-corrected chi connectivity index (χ4v) is 5.44. The van der Waals surface area contributed by atoms with Crippen LogP contribution in [-0.2, 0) is 21.4 Å². The van der Waals surface area contributed by atoms with Crippen molar-refractivity contribution in [2.75, 3.05) is 42.8 Å². The van der Waals surface area contributed by atoms with E-state index in [-0.39, 0.29) is 24.1 Å². The van der Waals surface area contributed by atoms with Crippen molar-refractivity contribution in [3.8, 4) is 11.5 Å². The van der Waals surface area contributed by atoms with E-state index in [1.165, 1.54) is 11.2 Å². The van der Waals surface area contributed by atoms with Crippen LogP contribution in [0, 0.1) is 0 Å². The lowest BCUT2D eigenvalue weighted by molar-refractivity contribution is -0.130. The summed E-state index contributed by atoms with van der Waals surface area (Å²) in [7, 11) is -3.68. The molecule has 4 rings (SSSR count). The summed E-state index contributed by atoms with van der Waals surface area (Å²) >= 11 is 0. The predicted octanol–water partition coefficient (Wildman–Crippen LogP) is 3.17. The highest BCUT2D eigenvalue weighted by atomic mass is 32.2. The van der Waals surface area contributed by atoms with Crippen LogP contribution < -0.4 is 4.31 Å². The molecule has 2 aromatic carbocycles. The third-order valence-electron chi connectivity index (χ3n) is 6.02. The number of carbonyl (C=O) groups is 1. The number of piperazine rings is 1. The first-order valence-electron chi connectivity index (χ1n) is 11.5. The molecule has 1 amide bonds. The van der Waals surface area contributed by atoms with E-state index in [4.69, 9.17) is 4.42 Å². The molecule has 1 fully saturated rings. The van der Waals surface area contributed by atoms with E-state index < -0.39 is 22.3 Å². The Morgan fingerprint density at radius 3 is 2.28 bits per heavy atom. The number of hydrogen-bond donors (Lipinski definition) is 0. The maximum atomic E-state index is 13.4. The average molecular weight is 520 g/mol. The van der Waals surface area contributed by atoms with Gasteiger partial charge in [-0.05, 0) is 29.8 Å². The molecule has 0 radical (unpaired) electrons. The van der Waals surface area contributed by atoms with Gasteiger partial charge in [0.05, 0.1) is 18.0 Å². The second-order valence-corrected chi connectivity index (χ2v) is 10.5. The maximum absolute atomic E-state index is 13.4. The number of carbonyl (C=O) groups excluding carboxylic acids is 1. The number of halogens is 2. The third kappa shape index (κ3) is 6.24. The Balaban J connectivity index is 1.47. The van der Waals surface area contributed by atoms with Gasteiger partial charge in [0.2, 0.25) is 21.8 Å². The minimum Gasteiger partial charge on any atom is -0.415 e. The van der Waals surface area contributed by atoms with E-state index in [0.717, 1.165) is 0 Å². The second kappa shape index (κ2) is 11.1. The first-order valence-corrected chi connectivity index (χ1v) is 13.1. The fraction of sp³-hybridized carbons (Fsp3) is 0.375. The Labute approximate surface area is 208 Å². The van der Waals surface area contributed by atoms with Crippen LogP contribution in [0.1, 0.15) is 24.8 Å². The Bertz CT molecular complexity index is 1260. The SMILES string of the molecule is CC(=O)N1CCN(CCS(=O)(=O)N(Cc2ccc(-c3nnc(C(F)F)o3)cc2)c2ccccc2)CC1. The normalized spacial score (nSPS) is 14.8. The molecular weight excluding hydrogens is 492 g/mol. The summed E-state index contributed by atoms with van der Waals surface area (Å²) in [6.45, 7) is 4.42. The summed E-state index contributed by atoms with van der Waals surface area (Å²) in [6.07, 6.45) is -2.85. The van der Waals surface area contributed by atoms with Gasteiger partial charge in [0.1, 0.15) is 0 Å². The van der Waals surface area contributed by atoms with Gasteiger partial charge in [-0.25, -0.2) is 8.42 Å². The van der Waals surface area contributed by atoms with Crippen LogP contribution >= 0.6 is 0 Å². The molecule has 1 aliphatic heterocycles. The quantitative estimate of drug-likeness (QED) is 0.428. The molecule has 1 saturated heterocycles. The lowest BCUT2D eigenvalue weighted by Crippen LogP contribution is -2.49. The zero-order chi connectivity index (χ0) is 25.7. The van der Waals surface area contributed by atoms with Crippen LogP contribution in [0.25, 0.3) is 11.5 Å². The fourth-order valence-electron chi connectivity index (χ4n) is 3.94. The number of para-hydroxylation sites is 1. The van der Waals surface area contributed by atoms with Gasteiger partial charge in [0.15, 0.2) is 0 Å². The molecule has 0 atom stereocenters. The van der Waals surface area contributed by atoms with Gasteiger partial charge in [-0.1, -0.05) is 30.3 Å². The van der Waals surface area contributed by atoms with Gasteiger partial charge in [-0.2, -0.15) is 8.78 Å². The lowest BCUT2D eigenvalue weighted by Gasteiger charge is -2.34. The summed E-state index contributed by atoms with van der Waals surface area (Å²) in [4.78, 5) is 15.3. The van der Waals surface area contributed by atoms with E-state index in [1.54, 1.807) is 53.4 Å². The number of alkyl halides is 2. The molecule has 36 heavy (non-hydrogen) atoms. The van der Waals surface area contributed by atoms with Crippen molar-refractivity contribution in [2.24, 2.45) is 0 Å². The topological polar surface area (TPSA) is 99.9 Å². The summed E-state index contributed by atoms with van der Waals surface area (Å²) in [5.41, 5.74) is 1.70. The van der Waals surface area contributed by atoms with Crippen LogP contribution in [0.15, 0.2) is 59.0 Å². The van der Waals surface area contributed by atoms with Gasteiger partial charge in [-0.15, -0.1) is 10.2 Å². The van der Waals surface area contributed by atoms with Crippen molar-refractivity contribution in [3.05, 3.63) is 66.1 Å². The maximum Gasteiger partial charge on any atom is 0.314 e. The van der Waals surface area contributed by atoms with Gasteiger partial charge in [-0.3, -0.25) is 14.0 Å². The summed E-state index contributed by atoms with van der Waals surface area (Å²) in [5, 5.41) is 6.97. The predicted molar refractivity (Wildman–Crippen MR) is 130 cm³/mol. The van der Waals surface area contributed by atoms with Gasteiger partial charge < -0.3 is 9.32 Å². The Morgan fingerprint density at radius 1 is 1.03 bits per heavy atom. The molecule has 1 aromatic heterocycles. The van der Waals surface area contributed by atoms with Crippen molar-refractivity contribution in [3.63, 3.8) is 0 Å². The standard InChI is InChI=1S/C24H27F2N5O4S/c1-18(32)30-13-11-29(12-14-30)15-16-36(33,34)31(21-5-3-2-4-6-21)17-19-7-9-20(10-8-19)23-27-28-24(35-23)22(25)26/h2-10,22H,11-17H2,1H3. The lowest BCUT2D eigenvalue weighted by atomic mass is 10.1. The van der Waals surface area contributed by atoms with Crippen molar-refractivity contribution < 1.29 is 26.4 Å². The van der Waals surface area contributed by atoms with Gasteiger partial charge in [0.25, 0.3) is 5.89 Å². The molecule has 192 valence electrons. The Hall–Kier alpha value is -3.38. The summed E-state index contributed by atoms with van der Waals surface area (Å²) < 4.78 is 58.7. The molecule has 3 aromatic rings. The molecule has 0 spiro atoms. The smallest absolute Gasteiger partial charge is 0.314 e. The first-order chi connectivity index (χ1) is 17.2. The average Bonchev–Trinajstić information content (AvgIpc) is 3.38. The van der Waals surface area contributed by atoms with Crippen LogP contribution in [0.4, 0.5) is 14.5 Å². The molecule has 12 heteroatoms. The Morgan fingerprint density at radius 2 is 1.69 bits per heavy atom. The van der Waals surface area contributed by atoms with Crippen LogP contribution in [0.5, 0.6) is 0 Å². The van der Waals surface area contributed by atoms with E-state index in [0.29, 0.717) is 49.5 Å².